The SMILES string of the molecule is O=C(O)/C=C/c1c(F)cc(C(F)F)cc1F. The van der Waals surface area contributed by atoms with Crippen LogP contribution in [0.2, 0.25) is 0 Å². The molecule has 2 nitrogen and oxygen atoms in total. The monoisotopic (exact) mass is 234 g/mol. The number of carbonyl (C=O) groups is 1. The van der Waals surface area contributed by atoms with Gasteiger partial charge in [0.1, 0.15) is 11.6 Å². The molecule has 1 rings (SSSR count). The lowest BCUT2D eigenvalue weighted by molar-refractivity contribution is -0.131. The molecule has 0 aliphatic rings. The van der Waals surface area contributed by atoms with Gasteiger partial charge in [-0.3, -0.25) is 0 Å². The van der Waals surface area contributed by atoms with Crippen LogP contribution in [0.1, 0.15) is 17.6 Å². The Hall–Kier alpha value is -1.85. The van der Waals surface area contributed by atoms with Gasteiger partial charge in [-0.2, -0.15) is 0 Å². The number of alkyl halides is 2. The second kappa shape index (κ2) is 4.78. The second-order valence-electron chi connectivity index (χ2n) is 2.87. The third-order valence-electron chi connectivity index (χ3n) is 1.75. The van der Waals surface area contributed by atoms with E-state index in [2.05, 4.69) is 0 Å². The Labute approximate surface area is 87.8 Å². The average molecular weight is 234 g/mol. The van der Waals surface area contributed by atoms with E-state index in [9.17, 15) is 22.4 Å². The van der Waals surface area contributed by atoms with E-state index < -0.39 is 35.2 Å². The fraction of sp³-hybridized carbons (Fsp3) is 0.100. The van der Waals surface area contributed by atoms with Gasteiger partial charge in [-0.25, -0.2) is 22.4 Å². The number of benzene rings is 1. The van der Waals surface area contributed by atoms with E-state index in [0.717, 1.165) is 0 Å². The Morgan fingerprint density at radius 1 is 1.25 bits per heavy atom. The molecule has 1 N–H and O–H groups in total. The highest BCUT2D eigenvalue weighted by atomic mass is 19.3. The average Bonchev–Trinajstić information content (AvgIpc) is 2.15. The zero-order valence-electron chi connectivity index (χ0n) is 7.75. The second-order valence-corrected chi connectivity index (χ2v) is 2.87. The minimum Gasteiger partial charge on any atom is -0.478 e. The van der Waals surface area contributed by atoms with Crippen LogP contribution in [-0.4, -0.2) is 11.1 Å². The van der Waals surface area contributed by atoms with Crippen molar-refractivity contribution in [3.05, 3.63) is 41.0 Å². The number of rotatable bonds is 3. The molecule has 0 aromatic heterocycles. The predicted molar refractivity (Wildman–Crippen MR) is 48.0 cm³/mol. The highest BCUT2D eigenvalue weighted by Crippen LogP contribution is 2.24. The Bertz CT molecular complexity index is 417. The van der Waals surface area contributed by atoms with Gasteiger partial charge in [0.2, 0.25) is 0 Å². The number of hydrogen-bond acceptors (Lipinski definition) is 1. The summed E-state index contributed by atoms with van der Waals surface area (Å²) in [5.41, 5.74) is -1.45. The molecular weight excluding hydrogens is 228 g/mol. The van der Waals surface area contributed by atoms with Gasteiger partial charge in [-0.05, 0) is 18.2 Å². The number of halogens is 4. The molecule has 0 radical (unpaired) electrons. The van der Waals surface area contributed by atoms with E-state index in [1.807, 2.05) is 0 Å². The Morgan fingerprint density at radius 2 is 1.75 bits per heavy atom. The molecule has 0 atom stereocenters. The van der Waals surface area contributed by atoms with Crippen LogP contribution in [0.4, 0.5) is 17.6 Å². The van der Waals surface area contributed by atoms with Crippen LogP contribution < -0.4 is 0 Å². The molecule has 1 aromatic rings. The highest BCUT2D eigenvalue weighted by molar-refractivity contribution is 5.85. The molecule has 0 saturated carbocycles. The van der Waals surface area contributed by atoms with Crippen LogP contribution in [0.25, 0.3) is 6.08 Å². The molecule has 86 valence electrons. The summed E-state index contributed by atoms with van der Waals surface area (Å²) in [4.78, 5) is 10.1. The quantitative estimate of drug-likeness (QED) is 0.644. The number of carboxylic acid groups (broad SMARTS) is 1. The Kier molecular flexibility index (Phi) is 3.65. The Balaban J connectivity index is 3.17. The van der Waals surface area contributed by atoms with Gasteiger partial charge in [0, 0.05) is 17.2 Å². The van der Waals surface area contributed by atoms with Crippen molar-refractivity contribution in [3.8, 4) is 0 Å². The summed E-state index contributed by atoms with van der Waals surface area (Å²) in [5.74, 6) is -3.85. The number of hydrogen-bond donors (Lipinski definition) is 1. The zero-order chi connectivity index (χ0) is 12.3. The molecule has 0 unspecified atom stereocenters. The summed E-state index contributed by atoms with van der Waals surface area (Å²) in [5, 5.41) is 8.25. The maximum absolute atomic E-state index is 13.1. The van der Waals surface area contributed by atoms with Gasteiger partial charge in [-0.15, -0.1) is 0 Å². The normalized spacial score (nSPS) is 11.3. The van der Waals surface area contributed by atoms with Gasteiger partial charge in [0.15, 0.2) is 0 Å². The molecular formula is C10H6F4O2. The minimum absolute atomic E-state index is 0.468. The van der Waals surface area contributed by atoms with Crippen LogP contribution in [0, 0.1) is 11.6 Å². The Morgan fingerprint density at radius 3 is 2.12 bits per heavy atom. The zero-order valence-corrected chi connectivity index (χ0v) is 7.75. The molecule has 16 heavy (non-hydrogen) atoms. The summed E-state index contributed by atoms with van der Waals surface area (Å²) < 4.78 is 50.5. The van der Waals surface area contributed by atoms with E-state index in [4.69, 9.17) is 5.11 Å². The largest absolute Gasteiger partial charge is 0.478 e. The lowest BCUT2D eigenvalue weighted by Gasteiger charge is -2.03. The van der Waals surface area contributed by atoms with E-state index in [1.54, 1.807) is 0 Å². The van der Waals surface area contributed by atoms with Gasteiger partial charge in [-0.1, -0.05) is 0 Å². The molecule has 0 aliphatic carbocycles. The van der Waals surface area contributed by atoms with Crippen molar-refractivity contribution in [2.24, 2.45) is 0 Å². The van der Waals surface area contributed by atoms with Crippen molar-refractivity contribution in [1.82, 2.24) is 0 Å². The molecule has 0 heterocycles. The van der Waals surface area contributed by atoms with Crippen molar-refractivity contribution < 1.29 is 27.5 Å². The topological polar surface area (TPSA) is 37.3 Å². The fourth-order valence-electron chi connectivity index (χ4n) is 1.04. The standard InChI is InChI=1S/C10H6F4O2/c11-7-3-5(10(13)14)4-8(12)6(7)1-2-9(15)16/h1-4,10H,(H,15,16)/b2-1+. The van der Waals surface area contributed by atoms with Gasteiger partial charge in [0.25, 0.3) is 6.43 Å². The van der Waals surface area contributed by atoms with Gasteiger partial charge in [0.05, 0.1) is 0 Å². The van der Waals surface area contributed by atoms with Crippen molar-refractivity contribution in [2.45, 2.75) is 6.43 Å². The maximum Gasteiger partial charge on any atom is 0.328 e. The smallest absolute Gasteiger partial charge is 0.328 e. The maximum atomic E-state index is 13.1. The van der Waals surface area contributed by atoms with Crippen LogP contribution in [0.5, 0.6) is 0 Å². The van der Waals surface area contributed by atoms with E-state index in [-0.39, 0.29) is 0 Å². The third-order valence-corrected chi connectivity index (χ3v) is 1.75. The predicted octanol–water partition coefficient (Wildman–Crippen LogP) is 3.00. The van der Waals surface area contributed by atoms with Gasteiger partial charge < -0.3 is 5.11 Å². The molecule has 6 heteroatoms. The third kappa shape index (κ3) is 2.82. The van der Waals surface area contributed by atoms with E-state index in [1.165, 1.54) is 0 Å². The van der Waals surface area contributed by atoms with Crippen LogP contribution in [-0.2, 0) is 4.79 Å². The van der Waals surface area contributed by atoms with Crippen molar-refractivity contribution >= 4 is 12.0 Å². The van der Waals surface area contributed by atoms with Crippen molar-refractivity contribution in [3.63, 3.8) is 0 Å². The molecule has 0 bridgehead atoms. The highest BCUT2D eigenvalue weighted by Gasteiger charge is 2.14. The first-order valence-corrected chi connectivity index (χ1v) is 4.10. The first-order valence-electron chi connectivity index (χ1n) is 4.10. The van der Waals surface area contributed by atoms with Crippen molar-refractivity contribution in [2.75, 3.05) is 0 Å². The van der Waals surface area contributed by atoms with Crippen LogP contribution in [0.15, 0.2) is 18.2 Å². The summed E-state index contributed by atoms with van der Waals surface area (Å²) in [6, 6.07) is 0.935. The first kappa shape index (κ1) is 12.2. The first-order chi connectivity index (χ1) is 7.41. The summed E-state index contributed by atoms with van der Waals surface area (Å²) >= 11 is 0. The molecule has 0 amide bonds. The minimum atomic E-state index is -2.98. The van der Waals surface area contributed by atoms with E-state index in [0.29, 0.717) is 24.3 Å². The summed E-state index contributed by atoms with van der Waals surface area (Å²) in [6.45, 7) is 0. The molecule has 0 saturated heterocycles. The van der Waals surface area contributed by atoms with E-state index >= 15 is 0 Å². The van der Waals surface area contributed by atoms with Gasteiger partial charge >= 0.3 is 5.97 Å². The lowest BCUT2D eigenvalue weighted by Crippen LogP contribution is -1.95. The van der Waals surface area contributed by atoms with Crippen LogP contribution in [0.3, 0.4) is 0 Å². The molecule has 0 fully saturated rings. The lowest BCUT2D eigenvalue weighted by atomic mass is 10.1. The summed E-state index contributed by atoms with van der Waals surface area (Å²) in [7, 11) is 0. The summed E-state index contributed by atoms with van der Waals surface area (Å²) in [6.07, 6.45) is -1.80. The molecule has 0 aliphatic heterocycles. The molecule has 1 aromatic carbocycles. The van der Waals surface area contributed by atoms with Crippen molar-refractivity contribution in [1.29, 1.82) is 0 Å². The number of aliphatic carboxylic acids is 1. The van der Waals surface area contributed by atoms with Crippen LogP contribution >= 0.6 is 0 Å². The number of carboxylic acids is 1. The fourth-order valence-corrected chi connectivity index (χ4v) is 1.04. The molecule has 0 spiro atoms.